The van der Waals surface area contributed by atoms with E-state index in [-0.39, 0.29) is 33.4 Å². The number of hydrogen-bond acceptors (Lipinski definition) is 18. The van der Waals surface area contributed by atoms with Crippen LogP contribution in [-0.2, 0) is 38.9 Å². The van der Waals surface area contributed by atoms with Crippen molar-refractivity contribution in [1.82, 2.24) is 13.7 Å². The summed E-state index contributed by atoms with van der Waals surface area (Å²) in [5.74, 6) is 0. The summed E-state index contributed by atoms with van der Waals surface area (Å²) in [5.41, 5.74) is 3.12. The summed E-state index contributed by atoms with van der Waals surface area (Å²) >= 11 is 14.4. The molecule has 21 heteroatoms. The molecule has 10 rings (SSSR count). The van der Waals surface area contributed by atoms with Gasteiger partial charge in [0.2, 0.25) is 0 Å². The van der Waals surface area contributed by atoms with Crippen LogP contribution in [-0.4, -0.2) is 13.7 Å². The third-order valence-corrected chi connectivity index (χ3v) is 32.4. The number of benzene rings is 1. The maximum absolute atomic E-state index is 14.7. The standard InChI is InChI=1S/C93H111N9O3S9/c1-7-13-19-25-31-37-43-64-49-70(52-79-88(103)100(46-40-34-28-22-16-10-4)91(112-79)67(58-94)59-95)106-82(64)76-55-73-85(109-76)74-56-77(83-65(44-38-32-26-20-14-8-2)50-71(107-83)53-80-89(104)101(47-41-35-29-23-17-11-5)92(113-80)68(60-96)61-97)111-87(74)75-57-78(110-86(73)75)84-66(45-39-33-27-21-15-9-3)51-72(108-84)54-81-90(105)102(48-42-36-30-24-18-12-6)93(114-81)69(62-98)63-99/h49-57H,7-48H2,1-6H3/b79-52-,80-53-,81-54-. The summed E-state index contributed by atoms with van der Waals surface area (Å²) < 4.78 is 11.4. The minimum Gasteiger partial charge on any atom is -0.297 e. The first-order valence-electron chi connectivity index (χ1n) is 42.4. The van der Waals surface area contributed by atoms with E-state index in [0.29, 0.717) is 47.2 Å². The van der Waals surface area contributed by atoms with Crippen molar-refractivity contribution < 1.29 is 0 Å². The van der Waals surface area contributed by atoms with E-state index in [4.69, 9.17) is 0 Å². The number of thiazole rings is 3. The molecule has 12 nitrogen and oxygen atoms in total. The Labute approximate surface area is 709 Å². The largest absolute Gasteiger partial charge is 0.297 e. The fourth-order valence-corrected chi connectivity index (χ4v) is 26.3. The van der Waals surface area contributed by atoms with E-state index >= 15 is 0 Å². The molecule has 0 aliphatic rings. The zero-order chi connectivity index (χ0) is 80.7. The molecule has 10 aromatic rings. The number of rotatable bonds is 48. The molecule has 0 spiro atoms. The Morgan fingerprint density at radius 3 is 0.737 bits per heavy atom. The average Bonchev–Trinajstić information content (AvgIpc) is 1.56. The Kier molecular flexibility index (Phi) is 36.3. The molecule has 0 aliphatic carbocycles. The predicted octanol–water partition coefficient (Wildman–Crippen LogP) is 24.1. The van der Waals surface area contributed by atoms with Crippen molar-refractivity contribution in [3.63, 3.8) is 0 Å². The van der Waals surface area contributed by atoms with E-state index in [9.17, 15) is 46.0 Å². The Morgan fingerprint density at radius 1 is 0.289 bits per heavy atom. The molecule has 114 heavy (non-hydrogen) atoms. The van der Waals surface area contributed by atoms with E-state index in [1.54, 1.807) is 47.7 Å². The summed E-state index contributed by atoms with van der Waals surface area (Å²) in [5, 5.41) is 64.9. The molecular formula is C93H111N9O3S9. The highest BCUT2D eigenvalue weighted by molar-refractivity contribution is 7.32. The van der Waals surface area contributed by atoms with Crippen LogP contribution in [0.1, 0.15) is 304 Å². The van der Waals surface area contributed by atoms with Crippen molar-refractivity contribution in [2.45, 2.75) is 312 Å². The molecular weight excluding hydrogens is 1580 g/mol. The Hall–Kier alpha value is -7.35. The third-order valence-electron chi connectivity index (χ3n) is 21.5. The summed E-state index contributed by atoms with van der Waals surface area (Å²) in [6, 6.07) is 26.8. The van der Waals surface area contributed by atoms with Gasteiger partial charge in [-0.05, 0) is 129 Å². The lowest BCUT2D eigenvalue weighted by atomic mass is 10.0. The average molecular weight is 1690 g/mol. The highest BCUT2D eigenvalue weighted by Gasteiger charge is 2.25. The molecule has 9 aromatic heterocycles. The lowest BCUT2D eigenvalue weighted by molar-refractivity contribution is 0.548. The van der Waals surface area contributed by atoms with Gasteiger partial charge in [-0.2, -0.15) is 31.6 Å². The second-order valence-electron chi connectivity index (χ2n) is 30.3. The molecule has 0 bridgehead atoms. The molecule has 0 atom stereocenters. The van der Waals surface area contributed by atoms with E-state index in [2.05, 4.69) is 114 Å². The van der Waals surface area contributed by atoms with Gasteiger partial charge in [-0.15, -0.1) is 102 Å². The van der Waals surface area contributed by atoms with Crippen molar-refractivity contribution in [3.05, 3.63) is 126 Å². The van der Waals surface area contributed by atoms with Crippen LogP contribution in [0.4, 0.5) is 0 Å². The Morgan fingerprint density at radius 2 is 0.509 bits per heavy atom. The van der Waals surface area contributed by atoms with Gasteiger partial charge in [0.05, 0.1) is 13.6 Å². The first-order valence-corrected chi connectivity index (χ1v) is 49.8. The molecule has 0 amide bonds. The molecule has 0 saturated carbocycles. The van der Waals surface area contributed by atoms with Gasteiger partial charge in [-0.3, -0.25) is 28.1 Å². The van der Waals surface area contributed by atoms with Crippen LogP contribution in [0.2, 0.25) is 0 Å². The molecule has 0 saturated heterocycles. The predicted molar refractivity (Wildman–Crippen MR) is 492 cm³/mol. The van der Waals surface area contributed by atoms with Gasteiger partial charge in [0.25, 0.3) is 16.7 Å². The molecule has 0 radical (unpaired) electrons. The molecule has 600 valence electrons. The second-order valence-corrected chi connectivity index (χ2v) is 39.8. The van der Waals surface area contributed by atoms with Gasteiger partial charge in [0, 0.05) is 93.8 Å². The lowest BCUT2D eigenvalue weighted by Gasteiger charge is -2.03. The fourth-order valence-electron chi connectivity index (χ4n) is 15.3. The van der Waals surface area contributed by atoms with Gasteiger partial charge in [-0.25, -0.2) is 0 Å². The summed E-state index contributed by atoms with van der Waals surface area (Å²) in [6.45, 7) is 14.7. The van der Waals surface area contributed by atoms with Crippen LogP contribution in [0.15, 0.2) is 50.8 Å². The highest BCUT2D eigenvalue weighted by Crippen LogP contribution is 2.54. The topological polar surface area (TPSA) is 209 Å². The SMILES string of the molecule is CCCCCCCCc1cc(/C=c2\sc(=C(C#N)C#N)n(CCCCCCCC)c2=O)sc1-c1cc2c(s1)c1cc(-c3sc(/C=c4\sc(=C(C#N)C#N)n(CCCCCCCC)c4=O)cc3CCCCCCCC)sc1c1cc(-c3sc(/C=c4\sc(=C(C#N)C#N)n(CCCCCCCC)c4=O)cc3CCCCCCCC)sc21. The molecule has 0 N–H and O–H groups in total. The lowest BCUT2D eigenvalue weighted by Crippen LogP contribution is -2.32. The number of hydrogen-bond donors (Lipinski definition) is 0. The van der Waals surface area contributed by atoms with Crippen molar-refractivity contribution in [2.75, 3.05) is 0 Å². The number of thiophene rings is 6. The van der Waals surface area contributed by atoms with E-state index in [1.165, 1.54) is 192 Å². The van der Waals surface area contributed by atoms with Gasteiger partial charge < -0.3 is 0 Å². The fraction of sp³-hybridized carbons (Fsp3) is 0.516. The number of nitriles is 6. The quantitative estimate of drug-likeness (QED) is 0.0332. The van der Waals surface area contributed by atoms with Crippen LogP contribution in [0, 0.1) is 68.0 Å². The van der Waals surface area contributed by atoms with Crippen molar-refractivity contribution in [3.8, 4) is 65.7 Å². The van der Waals surface area contributed by atoms with Crippen LogP contribution in [0.5, 0.6) is 0 Å². The number of nitrogens with zero attached hydrogens (tertiary/aromatic N) is 9. The summed E-state index contributed by atoms with van der Waals surface area (Å²) in [7, 11) is 0. The van der Waals surface area contributed by atoms with Gasteiger partial charge in [-0.1, -0.05) is 234 Å². The minimum absolute atomic E-state index is 0.0404. The van der Waals surface area contributed by atoms with Crippen LogP contribution >= 0.6 is 102 Å². The molecule has 0 fully saturated rings. The Balaban J connectivity index is 1.19. The number of fused-ring (bicyclic) bond motifs is 6. The number of aromatic nitrogens is 3. The Bertz CT molecular complexity index is 5070. The van der Waals surface area contributed by atoms with Gasteiger partial charge >= 0.3 is 0 Å². The van der Waals surface area contributed by atoms with Crippen LogP contribution in [0.3, 0.4) is 0 Å². The minimum atomic E-state index is -0.165. The maximum atomic E-state index is 14.7. The van der Waals surface area contributed by atoms with Crippen LogP contribution < -0.4 is 44.3 Å². The monoisotopic (exact) mass is 1690 g/mol. The third kappa shape index (κ3) is 23.1. The second kappa shape index (κ2) is 46.6. The normalized spacial score (nSPS) is 12.1. The summed E-state index contributed by atoms with van der Waals surface area (Å²) in [4.78, 5) is 53.9. The molecule has 0 unspecified atom stereocenters. The van der Waals surface area contributed by atoms with Crippen molar-refractivity contribution in [1.29, 1.82) is 31.6 Å². The zero-order valence-corrected chi connectivity index (χ0v) is 75.2. The summed E-state index contributed by atoms with van der Waals surface area (Å²) in [6.07, 6.45) is 48.2. The number of unbranched alkanes of at least 4 members (excludes halogenated alkanes) is 30. The first kappa shape index (κ1) is 89.0. The van der Waals surface area contributed by atoms with E-state index < -0.39 is 0 Å². The van der Waals surface area contributed by atoms with E-state index in [0.717, 1.165) is 183 Å². The van der Waals surface area contributed by atoms with Gasteiger partial charge in [0.15, 0.2) is 16.7 Å². The van der Waals surface area contributed by atoms with Crippen molar-refractivity contribution >= 4 is 167 Å². The van der Waals surface area contributed by atoms with Crippen molar-refractivity contribution in [2.24, 2.45) is 0 Å². The maximum Gasteiger partial charge on any atom is 0.269 e. The highest BCUT2D eigenvalue weighted by atomic mass is 32.1. The first-order chi connectivity index (χ1) is 55.8. The van der Waals surface area contributed by atoms with E-state index in [1.807, 2.05) is 52.2 Å². The van der Waals surface area contributed by atoms with Gasteiger partial charge in [0.1, 0.15) is 50.4 Å². The molecule has 0 aliphatic heterocycles. The molecule has 9 heterocycles. The molecule has 1 aromatic carbocycles. The smallest absolute Gasteiger partial charge is 0.269 e. The van der Waals surface area contributed by atoms with Crippen LogP contribution in [0.25, 0.3) is 94.5 Å². The zero-order valence-electron chi connectivity index (χ0n) is 67.8. The number of aryl methyl sites for hydroxylation is 3.